The molecule has 0 saturated heterocycles. The molecule has 0 amide bonds. The van der Waals surface area contributed by atoms with Gasteiger partial charge in [0.25, 0.3) is 0 Å². The van der Waals surface area contributed by atoms with Crippen molar-refractivity contribution >= 4 is 12.4 Å². The quantitative estimate of drug-likeness (QED) is 0.674. The van der Waals surface area contributed by atoms with Crippen molar-refractivity contribution in [3.05, 3.63) is 35.4 Å². The Balaban J connectivity index is 0.000000845. The van der Waals surface area contributed by atoms with E-state index in [0.29, 0.717) is 0 Å². The van der Waals surface area contributed by atoms with Crippen LogP contribution in [0.3, 0.4) is 0 Å². The third-order valence-corrected chi connectivity index (χ3v) is 2.65. The van der Waals surface area contributed by atoms with Crippen molar-refractivity contribution in [2.24, 2.45) is 0 Å². The average molecular weight is 198 g/mol. The van der Waals surface area contributed by atoms with E-state index in [2.05, 4.69) is 43.4 Å². The van der Waals surface area contributed by atoms with Gasteiger partial charge in [-0.2, -0.15) is 0 Å². The summed E-state index contributed by atoms with van der Waals surface area (Å²) >= 11 is 0. The van der Waals surface area contributed by atoms with E-state index in [1.807, 2.05) is 0 Å². The lowest BCUT2D eigenvalue weighted by Gasteiger charge is -2.33. The minimum Gasteiger partial charge on any atom is -0.307 e. The minimum absolute atomic E-state index is 0. The highest BCUT2D eigenvalue weighted by molar-refractivity contribution is 5.85. The molecule has 2 heteroatoms. The van der Waals surface area contributed by atoms with Crippen LogP contribution in [0.1, 0.15) is 25.0 Å². The molecule has 1 aliphatic rings. The zero-order valence-electron chi connectivity index (χ0n) is 8.13. The van der Waals surface area contributed by atoms with Gasteiger partial charge in [-0.05, 0) is 37.9 Å². The first-order valence-electron chi connectivity index (χ1n) is 4.53. The maximum absolute atomic E-state index is 3.51. The molecule has 72 valence electrons. The standard InChI is InChI=1S/C11H15N.ClH/c1-11(2)10-6-4-3-5-9(10)7-8-12-11;/h3-6,12H,7-8H2,1-2H3;1H. The number of hydrogen-bond donors (Lipinski definition) is 1. The Morgan fingerprint density at radius 3 is 2.62 bits per heavy atom. The lowest BCUT2D eigenvalue weighted by Crippen LogP contribution is -2.42. The van der Waals surface area contributed by atoms with Gasteiger partial charge >= 0.3 is 0 Å². The van der Waals surface area contributed by atoms with E-state index in [0.717, 1.165) is 6.54 Å². The molecule has 13 heavy (non-hydrogen) atoms. The van der Waals surface area contributed by atoms with Gasteiger partial charge in [-0.25, -0.2) is 0 Å². The Morgan fingerprint density at radius 2 is 1.92 bits per heavy atom. The molecule has 0 saturated carbocycles. The van der Waals surface area contributed by atoms with Gasteiger partial charge in [0.15, 0.2) is 0 Å². The Hall–Kier alpha value is -0.530. The second-order valence-corrected chi connectivity index (χ2v) is 3.96. The molecule has 1 aliphatic heterocycles. The molecule has 1 aromatic rings. The fraction of sp³-hybridized carbons (Fsp3) is 0.455. The summed E-state index contributed by atoms with van der Waals surface area (Å²) in [5.74, 6) is 0. The zero-order chi connectivity index (χ0) is 8.60. The maximum atomic E-state index is 3.51. The van der Waals surface area contributed by atoms with Crippen molar-refractivity contribution < 1.29 is 0 Å². The number of fused-ring (bicyclic) bond motifs is 1. The third-order valence-electron chi connectivity index (χ3n) is 2.65. The van der Waals surface area contributed by atoms with Crippen molar-refractivity contribution in [1.29, 1.82) is 0 Å². The molecule has 0 radical (unpaired) electrons. The van der Waals surface area contributed by atoms with Gasteiger partial charge < -0.3 is 5.32 Å². The van der Waals surface area contributed by atoms with Crippen LogP contribution >= 0.6 is 12.4 Å². The highest BCUT2D eigenvalue weighted by atomic mass is 35.5. The van der Waals surface area contributed by atoms with Crippen LogP contribution in [0.2, 0.25) is 0 Å². The van der Waals surface area contributed by atoms with E-state index >= 15 is 0 Å². The summed E-state index contributed by atoms with van der Waals surface area (Å²) in [5.41, 5.74) is 3.12. The molecule has 0 aromatic heterocycles. The van der Waals surface area contributed by atoms with Gasteiger partial charge in [0.1, 0.15) is 0 Å². The lowest BCUT2D eigenvalue weighted by atomic mass is 9.85. The number of nitrogens with one attached hydrogen (secondary N) is 1. The van der Waals surface area contributed by atoms with Crippen LogP contribution in [0.25, 0.3) is 0 Å². The second-order valence-electron chi connectivity index (χ2n) is 3.96. The topological polar surface area (TPSA) is 12.0 Å². The summed E-state index contributed by atoms with van der Waals surface area (Å²) in [7, 11) is 0. The molecule has 1 aromatic carbocycles. The van der Waals surface area contributed by atoms with E-state index in [9.17, 15) is 0 Å². The third kappa shape index (κ3) is 1.87. The minimum atomic E-state index is 0. The van der Waals surface area contributed by atoms with Gasteiger partial charge in [-0.3, -0.25) is 0 Å². The van der Waals surface area contributed by atoms with Crippen LogP contribution in [0.15, 0.2) is 24.3 Å². The Bertz CT molecular complexity index is 294. The monoisotopic (exact) mass is 197 g/mol. The van der Waals surface area contributed by atoms with Crippen LogP contribution < -0.4 is 5.32 Å². The SMILES string of the molecule is CC1(C)NCCc2ccccc21.Cl. The summed E-state index contributed by atoms with van der Waals surface area (Å²) in [6, 6.07) is 8.70. The Morgan fingerprint density at radius 1 is 1.23 bits per heavy atom. The van der Waals surface area contributed by atoms with Crippen LogP contribution in [-0.2, 0) is 12.0 Å². The lowest BCUT2D eigenvalue weighted by molar-refractivity contribution is 0.382. The highest BCUT2D eigenvalue weighted by Gasteiger charge is 2.25. The fourth-order valence-electron chi connectivity index (χ4n) is 1.95. The maximum Gasteiger partial charge on any atom is 0.0380 e. The molecule has 1 nitrogen and oxygen atoms in total. The summed E-state index contributed by atoms with van der Waals surface area (Å²) in [4.78, 5) is 0. The molecular formula is C11H16ClN. The average Bonchev–Trinajstić information content (AvgIpc) is 2.04. The molecule has 0 atom stereocenters. The predicted octanol–water partition coefficient (Wildman–Crippen LogP) is 2.49. The van der Waals surface area contributed by atoms with Gasteiger partial charge in [0.2, 0.25) is 0 Å². The molecule has 0 bridgehead atoms. The first-order chi connectivity index (χ1) is 5.70. The molecule has 2 rings (SSSR count). The van der Waals surface area contributed by atoms with Crippen molar-refractivity contribution in [2.45, 2.75) is 25.8 Å². The first-order valence-corrected chi connectivity index (χ1v) is 4.53. The molecule has 0 unspecified atom stereocenters. The summed E-state index contributed by atoms with van der Waals surface area (Å²) < 4.78 is 0. The largest absolute Gasteiger partial charge is 0.307 e. The van der Waals surface area contributed by atoms with Crippen LogP contribution in [-0.4, -0.2) is 6.54 Å². The Labute approximate surface area is 86.0 Å². The van der Waals surface area contributed by atoms with E-state index in [1.165, 1.54) is 17.5 Å². The molecule has 0 fully saturated rings. The van der Waals surface area contributed by atoms with Crippen molar-refractivity contribution in [3.8, 4) is 0 Å². The van der Waals surface area contributed by atoms with Crippen LogP contribution in [0.5, 0.6) is 0 Å². The van der Waals surface area contributed by atoms with Crippen LogP contribution in [0.4, 0.5) is 0 Å². The fourth-order valence-corrected chi connectivity index (χ4v) is 1.95. The van der Waals surface area contributed by atoms with Crippen LogP contribution in [0, 0.1) is 0 Å². The van der Waals surface area contributed by atoms with E-state index in [1.54, 1.807) is 0 Å². The molecule has 1 heterocycles. The normalized spacial score (nSPS) is 18.6. The number of benzene rings is 1. The van der Waals surface area contributed by atoms with Gasteiger partial charge in [-0.1, -0.05) is 24.3 Å². The highest BCUT2D eigenvalue weighted by Crippen LogP contribution is 2.27. The van der Waals surface area contributed by atoms with Gasteiger partial charge in [-0.15, -0.1) is 12.4 Å². The second kappa shape index (κ2) is 3.69. The Kier molecular flexibility index (Phi) is 2.99. The van der Waals surface area contributed by atoms with E-state index < -0.39 is 0 Å². The number of hydrogen-bond acceptors (Lipinski definition) is 1. The zero-order valence-corrected chi connectivity index (χ0v) is 8.95. The van der Waals surface area contributed by atoms with Crippen molar-refractivity contribution in [1.82, 2.24) is 5.32 Å². The summed E-state index contributed by atoms with van der Waals surface area (Å²) in [6.07, 6.45) is 1.17. The van der Waals surface area contributed by atoms with E-state index in [-0.39, 0.29) is 17.9 Å². The molecule has 0 spiro atoms. The summed E-state index contributed by atoms with van der Waals surface area (Å²) in [6.45, 7) is 5.58. The molecular weight excluding hydrogens is 182 g/mol. The summed E-state index contributed by atoms with van der Waals surface area (Å²) in [5, 5.41) is 3.51. The van der Waals surface area contributed by atoms with Crippen molar-refractivity contribution in [3.63, 3.8) is 0 Å². The molecule has 1 N–H and O–H groups in total. The van der Waals surface area contributed by atoms with Gasteiger partial charge in [0, 0.05) is 5.54 Å². The predicted molar refractivity (Wildman–Crippen MR) is 58.4 cm³/mol. The number of halogens is 1. The van der Waals surface area contributed by atoms with Crippen molar-refractivity contribution in [2.75, 3.05) is 6.54 Å². The van der Waals surface area contributed by atoms with Gasteiger partial charge in [0.05, 0.1) is 0 Å². The number of rotatable bonds is 0. The molecule has 0 aliphatic carbocycles. The van der Waals surface area contributed by atoms with E-state index in [4.69, 9.17) is 0 Å². The first kappa shape index (κ1) is 10.6. The smallest absolute Gasteiger partial charge is 0.0380 e.